The molecule has 0 aliphatic carbocycles. The number of rotatable bonds is 20. The minimum atomic E-state index is -3.95. The minimum Gasteiger partial charge on any atom is -0.424 e. The Labute approximate surface area is 547 Å². The van der Waals surface area contributed by atoms with E-state index in [1.165, 1.54) is 38.4 Å². The Morgan fingerprint density at radius 2 is 0.946 bits per heavy atom. The molecule has 93 heavy (non-hydrogen) atoms. The number of para-hydroxylation sites is 2. The van der Waals surface area contributed by atoms with Crippen molar-refractivity contribution in [3.8, 4) is 11.5 Å². The number of aliphatic hydroxyl groups excluding tert-OH is 4. The summed E-state index contributed by atoms with van der Waals surface area (Å²) in [7, 11) is -7.88. The van der Waals surface area contributed by atoms with Crippen molar-refractivity contribution in [2.45, 2.75) is 96.4 Å². The van der Waals surface area contributed by atoms with Crippen molar-refractivity contribution in [3.05, 3.63) is 133 Å². The van der Waals surface area contributed by atoms with Crippen molar-refractivity contribution in [1.29, 1.82) is 0 Å². The number of halogens is 6. The van der Waals surface area contributed by atoms with Crippen molar-refractivity contribution in [1.82, 2.24) is 53.8 Å². The van der Waals surface area contributed by atoms with Gasteiger partial charge in [-0.05, 0) is 98.0 Å². The molecule has 3 aliphatic heterocycles. The molecule has 5 unspecified atom stereocenters. The third kappa shape index (κ3) is 15.0. The van der Waals surface area contributed by atoms with Crippen LogP contribution in [0.3, 0.4) is 0 Å². The van der Waals surface area contributed by atoms with Crippen LogP contribution in [0.25, 0.3) is 16.8 Å². The number of carbonyl (C=O) groups is 2. The number of alkyl halides is 6. The molecule has 16 atom stereocenters. The van der Waals surface area contributed by atoms with Crippen molar-refractivity contribution >= 4 is 109 Å². The van der Waals surface area contributed by atoms with Gasteiger partial charge in [-0.15, -0.1) is 15.3 Å². The van der Waals surface area contributed by atoms with Gasteiger partial charge in [-0.25, -0.2) is 45.8 Å². The van der Waals surface area contributed by atoms with Gasteiger partial charge in [0.15, 0.2) is 0 Å². The summed E-state index contributed by atoms with van der Waals surface area (Å²) in [5, 5.41) is 52.1. The van der Waals surface area contributed by atoms with Crippen LogP contribution in [0, 0.1) is 11.8 Å². The van der Waals surface area contributed by atoms with E-state index in [0.29, 0.717) is 0 Å². The highest BCUT2D eigenvalue weighted by molar-refractivity contribution is 9.10. The Morgan fingerprint density at radius 1 is 0.591 bits per heavy atom. The molecule has 0 saturated carbocycles. The molecule has 0 amide bonds. The molecule has 2 aromatic carbocycles. The number of ether oxygens (including phenoxy) is 3. The predicted octanol–water partition coefficient (Wildman–Crippen LogP) is 4.21. The largest absolute Gasteiger partial charge is 0.424 e. The van der Waals surface area contributed by atoms with E-state index in [1.807, 2.05) is 0 Å². The van der Waals surface area contributed by atoms with E-state index in [0.717, 1.165) is 13.5 Å². The molecule has 3 saturated heterocycles. The average molecular weight is 1540 g/mol. The Kier molecular flexibility index (Phi) is 21.2. The van der Waals surface area contributed by atoms with Gasteiger partial charge in [-0.3, -0.25) is 48.0 Å². The van der Waals surface area contributed by atoms with E-state index >= 15 is 8.78 Å². The van der Waals surface area contributed by atoms with Crippen LogP contribution >= 0.6 is 63.0 Å². The number of Topliss-reactive ketones (excluding diaryl/α,β-unsaturated/α-hetero) is 2. The van der Waals surface area contributed by atoms with Crippen LogP contribution in [-0.4, -0.2) is 168 Å². The molecule has 11 rings (SSSR count). The van der Waals surface area contributed by atoms with E-state index in [9.17, 15) is 52.8 Å². The number of carbonyl (C=O) groups excluding carboxylic acids is 2. The maximum Gasteiger partial charge on any atom is 0.379 e. The first kappa shape index (κ1) is 70.5. The number of nitrogens with one attached hydrogen (secondary N) is 3. The molecule has 32 nitrogen and oxygen atoms in total. The van der Waals surface area contributed by atoms with Gasteiger partial charge in [0.05, 0.1) is 61.6 Å². The summed E-state index contributed by atoms with van der Waals surface area (Å²) in [4.78, 5) is 74.1. The van der Waals surface area contributed by atoms with Crippen molar-refractivity contribution in [3.63, 3.8) is 0 Å². The van der Waals surface area contributed by atoms with E-state index in [2.05, 4.69) is 88.0 Å². The second-order valence-electron chi connectivity index (χ2n) is 21.6. The van der Waals surface area contributed by atoms with Gasteiger partial charge in [-0.1, -0.05) is 50.2 Å². The standard InChI is InChI=1S/C22H25BrFN4O7P.C21H24BrFN5O7P.C10H11BrFN5O4/c1-12(13(2)29)11-36(32,35-14-6-4-3-5-7-14)33-10-17-18(30)22(23,24)19(34-17)15-8-9-16-20(31)26-21(25)27-28(15)16;1-11(12(2)29)10-36(32,35-13-6-4-3-5-7-13)33-9-15-16(30)21(22,23)17(34-15)14-8-25-18-19(31)26-20(24)27-28(14)18;11-10(12)5(19)4(2-18)21-6(10)3-1-14-7-8(20)15-9(13)16-17(3)7/h3-9,12,17-19,30H,10-11H2,1-2H3,(H3,25,26,27,31);3-8,11,15-17,30H,9-10H2,1-2H3,(H3,24,26,27,31);1,4-6,18-19H,2H2,(H3,13,15,16,20)/t12-,17-,18+,19+,22?,36?;11-,15-,16+,17+,21?,36?;4-,5+,6+,10?/m111/s1. The Balaban J connectivity index is 0.000000170. The fourth-order valence-corrected chi connectivity index (χ4v) is 15.6. The van der Waals surface area contributed by atoms with Crippen LogP contribution < -0.4 is 42.9 Å². The Morgan fingerprint density at radius 3 is 1.32 bits per heavy atom. The molecular formula is C53H60Br3F3N14O18P2. The van der Waals surface area contributed by atoms with Crippen molar-refractivity contribution in [2.24, 2.45) is 11.8 Å². The Hall–Kier alpha value is -6.77. The number of aromatic amines is 3. The minimum absolute atomic E-state index is 0.00218. The van der Waals surface area contributed by atoms with Gasteiger partial charge >= 0.3 is 15.2 Å². The third-order valence-corrected chi connectivity index (χ3v) is 21.5. The number of nitrogens with zero attached hydrogens (tertiary/aromatic N) is 8. The van der Waals surface area contributed by atoms with Gasteiger partial charge in [-0.2, -0.15) is 0 Å². The summed E-state index contributed by atoms with van der Waals surface area (Å²) in [6.45, 7) is 4.28. The normalized spacial score (nSPS) is 28.0. The van der Waals surface area contributed by atoms with Gasteiger partial charge < -0.3 is 60.9 Å². The van der Waals surface area contributed by atoms with Crippen molar-refractivity contribution < 1.29 is 84.6 Å². The highest BCUT2D eigenvalue weighted by Crippen LogP contribution is 2.56. The molecule has 13 N–H and O–H groups in total. The lowest BCUT2D eigenvalue weighted by Crippen LogP contribution is -2.37. The summed E-state index contributed by atoms with van der Waals surface area (Å²) in [6.07, 6.45) is -11.2. The fourth-order valence-electron chi connectivity index (χ4n) is 9.70. The maximum atomic E-state index is 15.7. The number of hydrogen-bond donors (Lipinski definition) is 10. The number of anilines is 3. The lowest BCUT2D eigenvalue weighted by atomic mass is 10.1. The van der Waals surface area contributed by atoms with Crippen LogP contribution in [0.5, 0.6) is 11.5 Å². The average Bonchev–Trinajstić information content (AvgIpc) is 1.62. The summed E-state index contributed by atoms with van der Waals surface area (Å²) in [5.74, 6) is -1.81. The SMILES string of the molecule is CC(=O)[C@H](C)CP(=O)(OC[C@H]1O[C@@H](c2ccc3c(=O)[nH]c(N)nn23)C(F)(Br)[C@H]1O)Oc1ccccc1.CC(=O)[C@H](C)CP(=O)(OC[C@H]1O[C@@H](c2cnc3c(=O)[nH]c(N)nn23)C(F)(Br)[C@H]1O)Oc1ccccc1.Nc1nn2c([C@@H]3O[C@H](CO)[C@H](O)C3(F)Br)cnc2c(=O)[nH]1. The van der Waals surface area contributed by atoms with E-state index in [1.54, 1.807) is 74.5 Å². The van der Waals surface area contributed by atoms with Crippen LogP contribution in [0.1, 0.15) is 63.1 Å². The lowest BCUT2D eigenvalue weighted by molar-refractivity contribution is -0.120. The number of H-pyrrole nitrogens is 3. The van der Waals surface area contributed by atoms with Crippen molar-refractivity contribution in [2.75, 3.05) is 49.3 Å². The number of nitrogens with two attached hydrogens (primary N) is 3. The molecule has 9 heterocycles. The number of fused-ring (bicyclic) bond motifs is 3. The summed E-state index contributed by atoms with van der Waals surface area (Å²) < 4.78 is 108. The first-order chi connectivity index (χ1) is 43.7. The summed E-state index contributed by atoms with van der Waals surface area (Å²) in [5.41, 5.74) is 14.9. The predicted molar refractivity (Wildman–Crippen MR) is 333 cm³/mol. The van der Waals surface area contributed by atoms with Gasteiger partial charge in [0.2, 0.25) is 42.9 Å². The number of nitrogen functional groups attached to an aromatic ring is 3. The lowest BCUT2D eigenvalue weighted by Gasteiger charge is -2.24. The van der Waals surface area contributed by atoms with Gasteiger partial charge in [0, 0.05) is 11.8 Å². The molecule has 3 aliphatic rings. The quantitative estimate of drug-likeness (QED) is 0.0377. The number of hydrogen-bond acceptors (Lipinski definition) is 26. The molecule has 0 spiro atoms. The van der Waals surface area contributed by atoms with E-state index in [4.69, 9.17) is 54.6 Å². The maximum absolute atomic E-state index is 15.7. The number of aromatic nitrogens is 11. The first-order valence-corrected chi connectivity index (χ1v) is 33.6. The summed E-state index contributed by atoms with van der Waals surface area (Å²) in [6, 6.07) is 19.3. The third-order valence-electron chi connectivity index (χ3n) is 14.8. The molecule has 40 heteroatoms. The van der Waals surface area contributed by atoms with Gasteiger partial charge in [0.25, 0.3) is 16.7 Å². The molecule has 502 valence electrons. The topological polar surface area (TPSA) is 468 Å². The first-order valence-electron chi connectivity index (χ1n) is 27.7. The van der Waals surface area contributed by atoms with Crippen LogP contribution in [0.15, 0.2) is 99.6 Å². The molecular weight excluding hydrogens is 1480 g/mol. The number of imidazole rings is 2. The monoisotopic (exact) mass is 1540 g/mol. The summed E-state index contributed by atoms with van der Waals surface area (Å²) >= 11 is 8.52. The zero-order valence-corrected chi connectivity index (χ0v) is 55.5. The van der Waals surface area contributed by atoms with E-state index < -0.39 is 132 Å². The highest BCUT2D eigenvalue weighted by atomic mass is 79.9. The molecule has 3 fully saturated rings. The van der Waals surface area contributed by atoms with Crippen LogP contribution in [-0.2, 0) is 42.0 Å². The van der Waals surface area contributed by atoms with Crippen LogP contribution in [0.4, 0.5) is 31.0 Å². The zero-order chi connectivity index (χ0) is 67.9. The smallest absolute Gasteiger partial charge is 0.379 e. The number of aliphatic hydroxyl groups is 4. The second kappa shape index (κ2) is 27.9. The molecule has 8 aromatic rings. The molecule has 6 aromatic heterocycles. The van der Waals surface area contributed by atoms with Crippen LogP contribution in [0.2, 0.25) is 0 Å². The van der Waals surface area contributed by atoms with Gasteiger partial charge in [0.1, 0.15) is 83.5 Å². The fraction of sp³-hybridized carbons (Fsp3) is 0.434. The zero-order valence-electron chi connectivity index (χ0n) is 48.9. The second-order valence-corrected chi connectivity index (χ2v) is 29.3. The number of benzene rings is 2. The highest BCUT2D eigenvalue weighted by Gasteiger charge is 2.60. The molecule has 0 bridgehead atoms. The Bertz CT molecular complexity index is 4110. The van der Waals surface area contributed by atoms with E-state index in [-0.39, 0.29) is 87.1 Å². The number of ketones is 2. The molecule has 0 radical (unpaired) electrons.